The van der Waals surface area contributed by atoms with E-state index in [0.717, 1.165) is 4.90 Å². The van der Waals surface area contributed by atoms with Gasteiger partial charge in [0.25, 0.3) is 0 Å². The molecule has 1 amide bonds. The van der Waals surface area contributed by atoms with Crippen molar-refractivity contribution in [2.45, 2.75) is 13.8 Å². The van der Waals surface area contributed by atoms with Gasteiger partial charge in [-0.25, -0.2) is 4.79 Å². The molecule has 0 rings (SSSR count). The van der Waals surface area contributed by atoms with Crippen LogP contribution in [0.1, 0.15) is 13.8 Å². The zero-order chi connectivity index (χ0) is 10.4. The molecular weight excluding hydrogens is 172 g/mol. The Bertz CT molecular complexity index is 244. The van der Waals surface area contributed by atoms with Crippen molar-refractivity contribution in [2.24, 2.45) is 5.92 Å². The van der Waals surface area contributed by atoms with E-state index in [4.69, 9.17) is 10.4 Å². The second kappa shape index (κ2) is 5.14. The Hall–Kier alpha value is -1.57. The van der Waals surface area contributed by atoms with Gasteiger partial charge in [0, 0.05) is 13.1 Å². The number of nitrogens with zero attached hydrogens (tertiary/aromatic N) is 2. The fraction of sp³-hybridized carbons (Fsp3) is 0.625. The molecule has 0 aliphatic heterocycles. The van der Waals surface area contributed by atoms with E-state index in [0.29, 0.717) is 6.54 Å². The Morgan fingerprint density at radius 1 is 1.62 bits per heavy atom. The SMILES string of the molecule is CCN(CC(C)C#N)C(=O)C(=O)O. The smallest absolute Gasteiger partial charge is 0.394 e. The molecule has 72 valence electrons. The van der Waals surface area contributed by atoms with Crippen LogP contribution in [0, 0.1) is 17.2 Å². The van der Waals surface area contributed by atoms with Crippen LogP contribution in [-0.4, -0.2) is 35.0 Å². The van der Waals surface area contributed by atoms with E-state index < -0.39 is 11.9 Å². The fourth-order valence-electron chi connectivity index (χ4n) is 0.862. The molecule has 0 aliphatic carbocycles. The standard InChI is InChI=1S/C8H12N2O3/c1-3-10(5-6(2)4-9)7(11)8(12)13/h6H,3,5H2,1-2H3,(H,12,13). The van der Waals surface area contributed by atoms with Crippen molar-refractivity contribution in [3.8, 4) is 6.07 Å². The lowest BCUT2D eigenvalue weighted by molar-refractivity contribution is -0.155. The number of rotatable bonds is 3. The molecule has 0 heterocycles. The minimum absolute atomic E-state index is 0.165. The topological polar surface area (TPSA) is 81.4 Å². The number of carboxylic acids is 1. The summed E-state index contributed by atoms with van der Waals surface area (Å²) in [5.74, 6) is -2.78. The first kappa shape index (κ1) is 11.4. The second-order valence-corrected chi connectivity index (χ2v) is 2.68. The zero-order valence-electron chi connectivity index (χ0n) is 7.65. The first-order chi connectivity index (χ1) is 6.02. The molecule has 0 aromatic carbocycles. The van der Waals surface area contributed by atoms with E-state index in [1.54, 1.807) is 13.8 Å². The molecule has 0 spiro atoms. The molecule has 5 heteroatoms. The first-order valence-corrected chi connectivity index (χ1v) is 3.94. The highest BCUT2D eigenvalue weighted by atomic mass is 16.4. The summed E-state index contributed by atoms with van der Waals surface area (Å²) in [7, 11) is 0. The van der Waals surface area contributed by atoms with E-state index in [-0.39, 0.29) is 12.5 Å². The molecule has 0 saturated carbocycles. The number of nitriles is 1. The third-order valence-corrected chi connectivity index (χ3v) is 1.57. The fourth-order valence-corrected chi connectivity index (χ4v) is 0.862. The van der Waals surface area contributed by atoms with E-state index in [1.165, 1.54) is 0 Å². The van der Waals surface area contributed by atoms with E-state index in [9.17, 15) is 9.59 Å². The van der Waals surface area contributed by atoms with E-state index >= 15 is 0 Å². The number of hydrogen-bond donors (Lipinski definition) is 1. The second-order valence-electron chi connectivity index (χ2n) is 2.68. The Morgan fingerprint density at radius 2 is 2.15 bits per heavy atom. The highest BCUT2D eigenvalue weighted by Gasteiger charge is 2.20. The van der Waals surface area contributed by atoms with Crippen molar-refractivity contribution in [3.05, 3.63) is 0 Å². The Balaban J connectivity index is 4.28. The molecule has 0 aromatic rings. The third-order valence-electron chi connectivity index (χ3n) is 1.57. The van der Waals surface area contributed by atoms with Crippen molar-refractivity contribution in [3.63, 3.8) is 0 Å². The Labute approximate surface area is 76.6 Å². The zero-order valence-corrected chi connectivity index (χ0v) is 7.65. The Morgan fingerprint density at radius 3 is 2.46 bits per heavy atom. The highest BCUT2D eigenvalue weighted by molar-refractivity contribution is 6.31. The summed E-state index contributed by atoms with van der Waals surface area (Å²) in [6.07, 6.45) is 0. The molecule has 1 N–H and O–H groups in total. The largest absolute Gasteiger partial charge is 0.474 e. The van der Waals surface area contributed by atoms with Gasteiger partial charge in [0.05, 0.1) is 12.0 Å². The molecule has 1 atom stereocenters. The number of amides is 1. The van der Waals surface area contributed by atoms with Gasteiger partial charge in [-0.05, 0) is 13.8 Å². The van der Waals surface area contributed by atoms with E-state index in [2.05, 4.69) is 0 Å². The van der Waals surface area contributed by atoms with Gasteiger partial charge in [0.2, 0.25) is 0 Å². The van der Waals surface area contributed by atoms with Gasteiger partial charge in [0.15, 0.2) is 0 Å². The van der Waals surface area contributed by atoms with Crippen molar-refractivity contribution in [2.75, 3.05) is 13.1 Å². The molecule has 1 unspecified atom stereocenters. The average Bonchev–Trinajstić information content (AvgIpc) is 2.12. The molecular formula is C8H12N2O3. The van der Waals surface area contributed by atoms with Crippen LogP contribution in [0.2, 0.25) is 0 Å². The van der Waals surface area contributed by atoms with Crippen LogP contribution >= 0.6 is 0 Å². The number of carboxylic acid groups (broad SMARTS) is 1. The molecule has 0 radical (unpaired) electrons. The lowest BCUT2D eigenvalue weighted by Gasteiger charge is -2.19. The maximum atomic E-state index is 10.9. The molecule has 0 bridgehead atoms. The van der Waals surface area contributed by atoms with Crippen molar-refractivity contribution in [1.29, 1.82) is 5.26 Å². The lowest BCUT2D eigenvalue weighted by Crippen LogP contribution is -2.38. The maximum Gasteiger partial charge on any atom is 0.394 e. The number of aliphatic carboxylic acids is 1. The summed E-state index contributed by atoms with van der Waals surface area (Å²) in [6.45, 7) is 3.78. The van der Waals surface area contributed by atoms with Crippen LogP contribution in [0.4, 0.5) is 0 Å². The summed E-state index contributed by atoms with van der Waals surface area (Å²) >= 11 is 0. The van der Waals surface area contributed by atoms with Gasteiger partial charge < -0.3 is 10.0 Å². The monoisotopic (exact) mass is 184 g/mol. The van der Waals surface area contributed by atoms with Crippen LogP contribution in [0.3, 0.4) is 0 Å². The molecule has 0 fully saturated rings. The minimum Gasteiger partial charge on any atom is -0.474 e. The molecule has 13 heavy (non-hydrogen) atoms. The lowest BCUT2D eigenvalue weighted by atomic mass is 10.2. The van der Waals surface area contributed by atoms with E-state index in [1.807, 2.05) is 6.07 Å². The number of likely N-dealkylation sites (N-methyl/N-ethyl adjacent to an activating group) is 1. The van der Waals surface area contributed by atoms with Crippen molar-refractivity contribution >= 4 is 11.9 Å². The predicted molar refractivity (Wildman–Crippen MR) is 44.7 cm³/mol. The highest BCUT2D eigenvalue weighted by Crippen LogP contribution is 1.98. The number of carbonyl (C=O) groups excluding carboxylic acids is 1. The minimum atomic E-state index is -1.48. The first-order valence-electron chi connectivity index (χ1n) is 3.94. The maximum absolute atomic E-state index is 10.9. The summed E-state index contributed by atoms with van der Waals surface area (Å²) in [4.78, 5) is 22.4. The van der Waals surface area contributed by atoms with Gasteiger partial charge >= 0.3 is 11.9 Å². The van der Waals surface area contributed by atoms with Crippen LogP contribution in [-0.2, 0) is 9.59 Å². The van der Waals surface area contributed by atoms with Gasteiger partial charge in [-0.2, -0.15) is 5.26 Å². The number of carbonyl (C=O) groups is 2. The number of hydrogen-bond acceptors (Lipinski definition) is 3. The van der Waals surface area contributed by atoms with Crippen LogP contribution in [0.5, 0.6) is 0 Å². The Kier molecular flexibility index (Phi) is 4.52. The van der Waals surface area contributed by atoms with Gasteiger partial charge in [0.1, 0.15) is 0 Å². The van der Waals surface area contributed by atoms with Gasteiger partial charge in [-0.3, -0.25) is 4.79 Å². The van der Waals surface area contributed by atoms with Crippen LogP contribution in [0.15, 0.2) is 0 Å². The van der Waals surface area contributed by atoms with Crippen molar-refractivity contribution < 1.29 is 14.7 Å². The molecule has 5 nitrogen and oxygen atoms in total. The normalized spacial score (nSPS) is 11.5. The van der Waals surface area contributed by atoms with Crippen LogP contribution in [0.25, 0.3) is 0 Å². The average molecular weight is 184 g/mol. The quantitative estimate of drug-likeness (QED) is 0.630. The molecule has 0 aliphatic rings. The molecule has 0 aromatic heterocycles. The summed E-state index contributed by atoms with van der Waals surface area (Å²) in [5, 5.41) is 16.9. The van der Waals surface area contributed by atoms with Gasteiger partial charge in [-0.1, -0.05) is 0 Å². The predicted octanol–water partition coefficient (Wildman–Crippen LogP) is 0.0792. The summed E-state index contributed by atoms with van der Waals surface area (Å²) < 4.78 is 0. The summed E-state index contributed by atoms with van der Waals surface area (Å²) in [5.41, 5.74) is 0. The molecule has 0 saturated heterocycles. The van der Waals surface area contributed by atoms with Crippen LogP contribution < -0.4 is 0 Å². The third kappa shape index (κ3) is 3.56. The van der Waals surface area contributed by atoms with Crippen molar-refractivity contribution in [1.82, 2.24) is 4.90 Å². The van der Waals surface area contributed by atoms with Gasteiger partial charge in [-0.15, -0.1) is 0 Å². The summed E-state index contributed by atoms with van der Waals surface area (Å²) in [6, 6.07) is 1.94.